The maximum absolute atomic E-state index is 8.85. The van der Waals surface area contributed by atoms with Gasteiger partial charge in [-0.1, -0.05) is 12.2 Å². The largest absolute Gasteiger partial charge is 0.396 e. The second-order valence-corrected chi connectivity index (χ2v) is 3.22. The Hall–Kier alpha value is -0.300. The molecule has 1 unspecified atom stereocenters. The molecule has 1 nitrogen and oxygen atoms in total. The Bertz CT molecular complexity index is 140. The molecule has 0 amide bonds. The van der Waals surface area contributed by atoms with E-state index in [2.05, 4.69) is 12.2 Å². The van der Waals surface area contributed by atoms with E-state index in [4.69, 9.17) is 5.11 Å². The van der Waals surface area contributed by atoms with Crippen molar-refractivity contribution in [1.82, 2.24) is 0 Å². The van der Waals surface area contributed by atoms with Gasteiger partial charge in [0.15, 0.2) is 0 Å². The Morgan fingerprint density at radius 3 is 2.56 bits per heavy atom. The van der Waals surface area contributed by atoms with Crippen molar-refractivity contribution in [1.29, 1.82) is 0 Å². The summed E-state index contributed by atoms with van der Waals surface area (Å²) in [6.07, 6.45) is 7.12. The van der Waals surface area contributed by atoms with Crippen molar-refractivity contribution in [2.75, 3.05) is 6.61 Å². The van der Waals surface area contributed by atoms with E-state index in [1.54, 1.807) is 0 Å². The fraction of sp³-hybridized carbons (Fsp3) is 0.750. The summed E-state index contributed by atoms with van der Waals surface area (Å²) in [6.45, 7) is 0.394. The minimum atomic E-state index is 0.394. The Morgan fingerprint density at radius 1 is 1.33 bits per heavy atom. The number of hydrogen-bond acceptors (Lipinski definition) is 1. The van der Waals surface area contributed by atoms with Crippen molar-refractivity contribution < 1.29 is 5.11 Å². The normalized spacial score (nSPS) is 46.6. The molecule has 2 bridgehead atoms. The number of rotatable bonds is 1. The van der Waals surface area contributed by atoms with Crippen molar-refractivity contribution in [3.63, 3.8) is 0 Å². The van der Waals surface area contributed by atoms with Crippen molar-refractivity contribution >= 4 is 0 Å². The van der Waals surface area contributed by atoms with Gasteiger partial charge < -0.3 is 5.11 Å². The van der Waals surface area contributed by atoms with Crippen LogP contribution in [0.5, 0.6) is 0 Å². The molecule has 1 N–H and O–H groups in total. The van der Waals surface area contributed by atoms with E-state index >= 15 is 0 Å². The summed E-state index contributed by atoms with van der Waals surface area (Å²) in [5, 5.41) is 8.85. The van der Waals surface area contributed by atoms with Crippen LogP contribution in [0.2, 0.25) is 0 Å². The smallest absolute Gasteiger partial charge is 0.0465 e. The van der Waals surface area contributed by atoms with Gasteiger partial charge in [-0.15, -0.1) is 0 Å². The van der Waals surface area contributed by atoms with Gasteiger partial charge in [-0.2, -0.15) is 0 Å². The van der Waals surface area contributed by atoms with Crippen LogP contribution in [-0.2, 0) is 0 Å². The second kappa shape index (κ2) is 1.84. The van der Waals surface area contributed by atoms with Crippen LogP contribution in [-0.4, -0.2) is 11.7 Å². The fourth-order valence-electron chi connectivity index (χ4n) is 2.10. The van der Waals surface area contributed by atoms with E-state index in [9.17, 15) is 0 Å². The van der Waals surface area contributed by atoms with E-state index in [0.717, 1.165) is 11.8 Å². The molecule has 50 valence electrons. The van der Waals surface area contributed by atoms with Crippen LogP contribution in [0.4, 0.5) is 0 Å². The molecular weight excluding hydrogens is 112 g/mol. The van der Waals surface area contributed by atoms with Gasteiger partial charge in [0.25, 0.3) is 0 Å². The van der Waals surface area contributed by atoms with Crippen LogP contribution in [0.15, 0.2) is 12.2 Å². The zero-order chi connectivity index (χ0) is 6.27. The molecule has 0 aromatic carbocycles. The topological polar surface area (TPSA) is 20.2 Å². The Balaban J connectivity index is 2.10. The summed E-state index contributed by atoms with van der Waals surface area (Å²) < 4.78 is 0. The molecule has 2 aliphatic carbocycles. The SMILES string of the molecule is OC[C@H]1C[C@H]2C=CC1C2. The summed E-state index contributed by atoms with van der Waals surface area (Å²) in [4.78, 5) is 0. The van der Waals surface area contributed by atoms with Crippen molar-refractivity contribution in [3.8, 4) is 0 Å². The number of allylic oxidation sites excluding steroid dienone is 2. The van der Waals surface area contributed by atoms with E-state index in [-0.39, 0.29) is 0 Å². The third-order valence-electron chi connectivity index (χ3n) is 2.65. The van der Waals surface area contributed by atoms with Crippen LogP contribution in [0.3, 0.4) is 0 Å². The van der Waals surface area contributed by atoms with Crippen LogP contribution >= 0.6 is 0 Å². The summed E-state index contributed by atoms with van der Waals surface area (Å²) in [7, 11) is 0. The highest BCUT2D eigenvalue weighted by Crippen LogP contribution is 2.42. The molecule has 3 atom stereocenters. The Kier molecular flexibility index (Phi) is 1.12. The average molecular weight is 124 g/mol. The Labute approximate surface area is 55.4 Å². The third-order valence-corrected chi connectivity index (χ3v) is 2.65. The number of fused-ring (bicyclic) bond motifs is 2. The molecule has 1 fully saturated rings. The lowest BCUT2D eigenvalue weighted by Crippen LogP contribution is -2.10. The van der Waals surface area contributed by atoms with Gasteiger partial charge in [0.1, 0.15) is 0 Å². The number of aliphatic hydroxyl groups excluding tert-OH is 1. The molecule has 0 spiro atoms. The van der Waals surface area contributed by atoms with E-state index < -0.39 is 0 Å². The molecule has 0 aliphatic heterocycles. The zero-order valence-electron chi connectivity index (χ0n) is 5.46. The highest BCUT2D eigenvalue weighted by Gasteiger charge is 2.34. The zero-order valence-corrected chi connectivity index (χ0v) is 5.46. The molecule has 0 heterocycles. The third kappa shape index (κ3) is 0.715. The van der Waals surface area contributed by atoms with Crippen molar-refractivity contribution in [2.45, 2.75) is 12.8 Å². The molecule has 2 rings (SSSR count). The van der Waals surface area contributed by atoms with Gasteiger partial charge in [-0.25, -0.2) is 0 Å². The van der Waals surface area contributed by atoms with E-state index in [1.165, 1.54) is 12.8 Å². The van der Waals surface area contributed by atoms with Crippen LogP contribution in [0, 0.1) is 17.8 Å². The summed E-state index contributed by atoms with van der Waals surface area (Å²) in [5.74, 6) is 2.13. The van der Waals surface area contributed by atoms with Gasteiger partial charge in [0, 0.05) is 6.61 Å². The van der Waals surface area contributed by atoms with E-state index in [1.807, 2.05) is 0 Å². The predicted molar refractivity (Wildman–Crippen MR) is 35.9 cm³/mol. The highest BCUT2D eigenvalue weighted by molar-refractivity contribution is 5.09. The Morgan fingerprint density at radius 2 is 2.22 bits per heavy atom. The highest BCUT2D eigenvalue weighted by atomic mass is 16.3. The molecule has 0 saturated heterocycles. The fourth-order valence-corrected chi connectivity index (χ4v) is 2.10. The maximum atomic E-state index is 8.85. The average Bonchev–Trinajstić information content (AvgIpc) is 2.45. The lowest BCUT2D eigenvalue weighted by atomic mass is 9.95. The molecule has 0 aromatic rings. The second-order valence-electron chi connectivity index (χ2n) is 3.22. The first-order chi connectivity index (χ1) is 4.40. The monoisotopic (exact) mass is 124 g/mol. The molecule has 9 heavy (non-hydrogen) atoms. The van der Waals surface area contributed by atoms with Crippen LogP contribution < -0.4 is 0 Å². The van der Waals surface area contributed by atoms with Crippen molar-refractivity contribution in [2.24, 2.45) is 17.8 Å². The molecule has 1 saturated carbocycles. The van der Waals surface area contributed by atoms with Crippen LogP contribution in [0.1, 0.15) is 12.8 Å². The molecular formula is C8H12O. The minimum absolute atomic E-state index is 0.394. The lowest BCUT2D eigenvalue weighted by molar-refractivity contribution is 0.207. The van der Waals surface area contributed by atoms with Gasteiger partial charge in [0.05, 0.1) is 0 Å². The standard InChI is InChI=1S/C8H12O/c9-5-8-4-6-1-2-7(8)3-6/h1-2,6-9H,3-5H2/t6-,7?,8+/m0/s1. The van der Waals surface area contributed by atoms with Crippen LogP contribution in [0.25, 0.3) is 0 Å². The maximum Gasteiger partial charge on any atom is 0.0465 e. The quantitative estimate of drug-likeness (QED) is 0.520. The molecule has 0 radical (unpaired) electrons. The van der Waals surface area contributed by atoms with Gasteiger partial charge in [-0.3, -0.25) is 0 Å². The molecule has 2 aliphatic rings. The molecule has 0 aromatic heterocycles. The van der Waals surface area contributed by atoms with Gasteiger partial charge in [-0.05, 0) is 30.6 Å². The summed E-state index contributed by atoms with van der Waals surface area (Å²) in [5.41, 5.74) is 0. The van der Waals surface area contributed by atoms with Crippen molar-refractivity contribution in [3.05, 3.63) is 12.2 Å². The van der Waals surface area contributed by atoms with Gasteiger partial charge >= 0.3 is 0 Å². The lowest BCUT2D eigenvalue weighted by Gasteiger charge is -2.13. The first-order valence-electron chi connectivity index (χ1n) is 3.69. The molecule has 1 heteroatoms. The predicted octanol–water partition coefficient (Wildman–Crippen LogP) is 1.19. The first kappa shape index (κ1) is 5.48. The number of hydrogen-bond donors (Lipinski definition) is 1. The minimum Gasteiger partial charge on any atom is -0.396 e. The number of aliphatic hydroxyl groups is 1. The van der Waals surface area contributed by atoms with Gasteiger partial charge in [0.2, 0.25) is 0 Å². The van der Waals surface area contributed by atoms with E-state index in [0.29, 0.717) is 12.5 Å². The summed E-state index contributed by atoms with van der Waals surface area (Å²) >= 11 is 0. The first-order valence-corrected chi connectivity index (χ1v) is 3.69. The summed E-state index contributed by atoms with van der Waals surface area (Å²) in [6, 6.07) is 0.